The standard InChI is InChI=1S/C8H13N3O/c1-12-5-7(9)6-2-3-11-8(10)4-6/h2-4,7H,5,9H2,1H3,(H2,10,11). The van der Waals surface area contributed by atoms with Crippen molar-refractivity contribution in [2.45, 2.75) is 6.04 Å². The zero-order valence-corrected chi connectivity index (χ0v) is 7.03. The molecule has 0 saturated heterocycles. The number of hydrogen-bond acceptors (Lipinski definition) is 4. The second kappa shape index (κ2) is 4.04. The van der Waals surface area contributed by atoms with Gasteiger partial charge in [0.15, 0.2) is 0 Å². The van der Waals surface area contributed by atoms with Crippen molar-refractivity contribution in [3.8, 4) is 0 Å². The van der Waals surface area contributed by atoms with E-state index in [1.807, 2.05) is 6.07 Å². The molecule has 0 spiro atoms. The third-order valence-electron chi connectivity index (χ3n) is 1.58. The number of nitrogen functional groups attached to an aromatic ring is 1. The maximum Gasteiger partial charge on any atom is 0.123 e. The van der Waals surface area contributed by atoms with Crippen molar-refractivity contribution in [1.29, 1.82) is 0 Å². The Kier molecular flexibility index (Phi) is 3.01. The molecule has 0 fully saturated rings. The van der Waals surface area contributed by atoms with E-state index in [9.17, 15) is 0 Å². The van der Waals surface area contributed by atoms with Gasteiger partial charge < -0.3 is 16.2 Å². The van der Waals surface area contributed by atoms with Crippen molar-refractivity contribution >= 4 is 5.82 Å². The Labute approximate surface area is 71.5 Å². The van der Waals surface area contributed by atoms with E-state index < -0.39 is 0 Å². The molecule has 1 unspecified atom stereocenters. The number of nitrogens with two attached hydrogens (primary N) is 2. The van der Waals surface area contributed by atoms with Gasteiger partial charge in [-0.1, -0.05) is 0 Å². The Morgan fingerprint density at radius 2 is 2.42 bits per heavy atom. The summed E-state index contributed by atoms with van der Waals surface area (Å²) in [5.74, 6) is 0.485. The van der Waals surface area contributed by atoms with Gasteiger partial charge >= 0.3 is 0 Å². The molecular formula is C8H13N3O. The van der Waals surface area contributed by atoms with E-state index in [1.165, 1.54) is 0 Å². The molecule has 0 aliphatic heterocycles. The highest BCUT2D eigenvalue weighted by atomic mass is 16.5. The van der Waals surface area contributed by atoms with E-state index in [-0.39, 0.29) is 6.04 Å². The highest BCUT2D eigenvalue weighted by Crippen LogP contribution is 2.11. The first-order valence-corrected chi connectivity index (χ1v) is 3.70. The zero-order chi connectivity index (χ0) is 8.97. The minimum Gasteiger partial charge on any atom is -0.384 e. The van der Waals surface area contributed by atoms with Crippen LogP contribution in [0, 0.1) is 0 Å². The number of anilines is 1. The molecule has 66 valence electrons. The predicted molar refractivity (Wildman–Crippen MR) is 47.5 cm³/mol. The molecule has 4 nitrogen and oxygen atoms in total. The summed E-state index contributed by atoms with van der Waals surface area (Å²) >= 11 is 0. The molecule has 0 aliphatic carbocycles. The highest BCUT2D eigenvalue weighted by molar-refractivity contribution is 5.33. The van der Waals surface area contributed by atoms with Crippen molar-refractivity contribution in [2.75, 3.05) is 19.5 Å². The van der Waals surface area contributed by atoms with E-state index in [4.69, 9.17) is 16.2 Å². The second-order valence-electron chi connectivity index (χ2n) is 2.58. The molecule has 1 aromatic rings. The van der Waals surface area contributed by atoms with Crippen LogP contribution in [0.4, 0.5) is 5.82 Å². The maximum absolute atomic E-state index is 5.77. The van der Waals surface area contributed by atoms with E-state index in [0.29, 0.717) is 12.4 Å². The van der Waals surface area contributed by atoms with Gasteiger partial charge in [-0.3, -0.25) is 0 Å². The fourth-order valence-corrected chi connectivity index (χ4v) is 0.972. The number of aromatic nitrogens is 1. The van der Waals surface area contributed by atoms with E-state index >= 15 is 0 Å². The Morgan fingerprint density at radius 1 is 1.67 bits per heavy atom. The Morgan fingerprint density at radius 3 is 3.00 bits per heavy atom. The van der Waals surface area contributed by atoms with Gasteiger partial charge in [-0.25, -0.2) is 4.98 Å². The van der Waals surface area contributed by atoms with Crippen LogP contribution in [-0.2, 0) is 4.74 Å². The minimum absolute atomic E-state index is 0.125. The largest absolute Gasteiger partial charge is 0.384 e. The van der Waals surface area contributed by atoms with Crippen LogP contribution >= 0.6 is 0 Å². The molecule has 0 aromatic carbocycles. The summed E-state index contributed by atoms with van der Waals surface area (Å²) in [6.07, 6.45) is 1.64. The SMILES string of the molecule is COCC(N)c1ccnc(N)c1. The van der Waals surface area contributed by atoms with Gasteiger partial charge in [0.25, 0.3) is 0 Å². The molecule has 0 radical (unpaired) electrons. The fourth-order valence-electron chi connectivity index (χ4n) is 0.972. The minimum atomic E-state index is -0.125. The molecule has 0 aliphatic rings. The molecule has 0 bridgehead atoms. The lowest BCUT2D eigenvalue weighted by Crippen LogP contribution is -2.16. The van der Waals surface area contributed by atoms with Crippen molar-refractivity contribution in [2.24, 2.45) is 5.73 Å². The van der Waals surface area contributed by atoms with Crippen molar-refractivity contribution in [3.63, 3.8) is 0 Å². The van der Waals surface area contributed by atoms with E-state index in [0.717, 1.165) is 5.56 Å². The molecule has 1 rings (SSSR count). The summed E-state index contributed by atoms with van der Waals surface area (Å²) in [5, 5.41) is 0. The van der Waals surface area contributed by atoms with Crippen LogP contribution in [0.25, 0.3) is 0 Å². The van der Waals surface area contributed by atoms with Crippen LogP contribution < -0.4 is 11.5 Å². The summed E-state index contributed by atoms with van der Waals surface area (Å²) < 4.78 is 4.91. The monoisotopic (exact) mass is 167 g/mol. The topological polar surface area (TPSA) is 74.2 Å². The Bertz CT molecular complexity index is 252. The normalized spacial score (nSPS) is 12.8. The van der Waals surface area contributed by atoms with E-state index in [1.54, 1.807) is 19.4 Å². The highest BCUT2D eigenvalue weighted by Gasteiger charge is 2.04. The van der Waals surface area contributed by atoms with Gasteiger partial charge in [0, 0.05) is 13.3 Å². The number of methoxy groups -OCH3 is 1. The van der Waals surface area contributed by atoms with Crippen LogP contribution in [-0.4, -0.2) is 18.7 Å². The molecule has 1 aromatic heterocycles. The molecule has 0 amide bonds. The first-order chi connectivity index (χ1) is 5.74. The van der Waals surface area contributed by atoms with Crippen molar-refractivity contribution in [3.05, 3.63) is 23.9 Å². The zero-order valence-electron chi connectivity index (χ0n) is 7.03. The fraction of sp³-hybridized carbons (Fsp3) is 0.375. The average molecular weight is 167 g/mol. The number of hydrogen-bond donors (Lipinski definition) is 2. The lowest BCUT2D eigenvalue weighted by Gasteiger charge is -2.10. The summed E-state index contributed by atoms with van der Waals surface area (Å²) in [5.41, 5.74) is 12.2. The van der Waals surface area contributed by atoms with Crippen LogP contribution in [0.1, 0.15) is 11.6 Å². The average Bonchev–Trinajstić information content (AvgIpc) is 2.05. The molecular weight excluding hydrogens is 154 g/mol. The Hall–Kier alpha value is -1.13. The summed E-state index contributed by atoms with van der Waals surface area (Å²) in [7, 11) is 1.62. The van der Waals surface area contributed by atoms with Crippen LogP contribution in [0.3, 0.4) is 0 Å². The molecule has 4 N–H and O–H groups in total. The van der Waals surface area contributed by atoms with Gasteiger partial charge in [0.2, 0.25) is 0 Å². The first-order valence-electron chi connectivity index (χ1n) is 3.70. The van der Waals surface area contributed by atoms with Crippen molar-refractivity contribution < 1.29 is 4.74 Å². The van der Waals surface area contributed by atoms with Crippen LogP contribution in [0.2, 0.25) is 0 Å². The van der Waals surface area contributed by atoms with Gasteiger partial charge in [0.1, 0.15) is 5.82 Å². The van der Waals surface area contributed by atoms with E-state index in [2.05, 4.69) is 4.98 Å². The lowest BCUT2D eigenvalue weighted by atomic mass is 10.1. The quantitative estimate of drug-likeness (QED) is 0.679. The maximum atomic E-state index is 5.77. The van der Waals surface area contributed by atoms with Crippen molar-refractivity contribution in [1.82, 2.24) is 4.98 Å². The molecule has 0 saturated carbocycles. The smallest absolute Gasteiger partial charge is 0.123 e. The number of pyridine rings is 1. The summed E-state index contributed by atoms with van der Waals surface area (Å²) in [6, 6.07) is 3.46. The van der Waals surface area contributed by atoms with Gasteiger partial charge in [-0.2, -0.15) is 0 Å². The summed E-state index contributed by atoms with van der Waals surface area (Å²) in [4.78, 5) is 3.86. The first kappa shape index (κ1) is 8.96. The third kappa shape index (κ3) is 2.18. The van der Waals surface area contributed by atoms with Gasteiger partial charge in [-0.15, -0.1) is 0 Å². The molecule has 1 heterocycles. The third-order valence-corrected chi connectivity index (χ3v) is 1.58. The van der Waals surface area contributed by atoms with Gasteiger partial charge in [-0.05, 0) is 17.7 Å². The van der Waals surface area contributed by atoms with Crippen LogP contribution in [0.15, 0.2) is 18.3 Å². The predicted octanol–water partition coefficient (Wildman–Crippen LogP) is 0.310. The lowest BCUT2D eigenvalue weighted by molar-refractivity contribution is 0.181. The second-order valence-corrected chi connectivity index (χ2v) is 2.58. The number of ether oxygens (including phenoxy) is 1. The summed E-state index contributed by atoms with van der Waals surface area (Å²) in [6.45, 7) is 0.490. The number of nitrogens with zero attached hydrogens (tertiary/aromatic N) is 1. The van der Waals surface area contributed by atoms with Gasteiger partial charge in [0.05, 0.1) is 12.6 Å². The molecule has 4 heteroatoms. The Balaban J connectivity index is 2.73. The van der Waals surface area contributed by atoms with Crippen LogP contribution in [0.5, 0.6) is 0 Å². The molecule has 1 atom stereocenters. The number of rotatable bonds is 3. The molecule has 12 heavy (non-hydrogen) atoms.